The van der Waals surface area contributed by atoms with Crippen LogP contribution in [0.4, 0.5) is 5.69 Å². The fourth-order valence-corrected chi connectivity index (χ4v) is 3.70. The summed E-state index contributed by atoms with van der Waals surface area (Å²) in [6.07, 6.45) is 7.20. The molecule has 1 aliphatic carbocycles. The first-order valence-electron chi connectivity index (χ1n) is 5.77. The first-order chi connectivity index (χ1) is 8.33. The molecule has 0 saturated heterocycles. The van der Waals surface area contributed by atoms with Gasteiger partial charge in [-0.1, -0.05) is 11.6 Å². The average molecular weight is 265 g/mol. The molecule has 88 valence electrons. The Labute approximate surface area is 110 Å². The molecule has 0 spiro atoms. The molecular formula is C13H13ClN2S. The van der Waals surface area contributed by atoms with Crippen LogP contribution in [0.15, 0.2) is 30.6 Å². The van der Waals surface area contributed by atoms with Crippen molar-refractivity contribution in [1.29, 1.82) is 0 Å². The van der Waals surface area contributed by atoms with Gasteiger partial charge in [-0.05, 0) is 43.0 Å². The van der Waals surface area contributed by atoms with Crippen molar-refractivity contribution >= 4 is 28.6 Å². The lowest BCUT2D eigenvalue weighted by Crippen LogP contribution is -2.15. The molecule has 4 heteroatoms. The first kappa shape index (κ1) is 11.1. The summed E-state index contributed by atoms with van der Waals surface area (Å²) in [4.78, 5) is 5.56. The van der Waals surface area contributed by atoms with Crippen molar-refractivity contribution in [3.8, 4) is 0 Å². The van der Waals surface area contributed by atoms with E-state index in [2.05, 4.69) is 22.4 Å². The minimum Gasteiger partial charge on any atom is -0.377 e. The Bertz CT molecular complexity index is 509. The second-order valence-corrected chi connectivity index (χ2v) is 6.03. The molecular weight excluding hydrogens is 252 g/mol. The van der Waals surface area contributed by atoms with E-state index in [0.717, 1.165) is 22.9 Å². The summed E-state index contributed by atoms with van der Waals surface area (Å²) in [5.74, 6) is 0. The van der Waals surface area contributed by atoms with E-state index in [1.54, 1.807) is 17.5 Å². The molecule has 1 N–H and O–H groups in total. The zero-order valence-corrected chi connectivity index (χ0v) is 10.9. The molecule has 2 nitrogen and oxygen atoms in total. The highest BCUT2D eigenvalue weighted by molar-refractivity contribution is 7.16. The molecule has 2 aromatic heterocycles. The second-order valence-electron chi connectivity index (χ2n) is 4.26. The third kappa shape index (κ3) is 2.31. The van der Waals surface area contributed by atoms with Gasteiger partial charge in [-0.15, -0.1) is 11.3 Å². The second kappa shape index (κ2) is 4.67. The van der Waals surface area contributed by atoms with Crippen LogP contribution in [-0.2, 0) is 6.42 Å². The normalized spacial score (nSPS) is 18.8. The molecule has 1 atom stereocenters. The van der Waals surface area contributed by atoms with Crippen LogP contribution in [0, 0.1) is 0 Å². The van der Waals surface area contributed by atoms with E-state index in [1.165, 1.54) is 16.9 Å². The fraction of sp³-hybridized carbons (Fsp3) is 0.308. The minimum absolute atomic E-state index is 0.381. The largest absolute Gasteiger partial charge is 0.377 e. The smallest absolute Gasteiger partial charge is 0.0934 e. The van der Waals surface area contributed by atoms with Crippen molar-refractivity contribution in [3.05, 3.63) is 45.4 Å². The summed E-state index contributed by atoms with van der Waals surface area (Å²) < 4.78 is 0.898. The molecule has 2 aromatic rings. The van der Waals surface area contributed by atoms with Crippen LogP contribution in [0.5, 0.6) is 0 Å². The standard InChI is InChI=1S/C13H13ClN2S/c14-13-7-10-11(4-1-5-12(10)17-13)16-9-3-2-6-15-8-9/h2-3,6-8,11,16H,1,4-5H2. The van der Waals surface area contributed by atoms with Crippen molar-refractivity contribution < 1.29 is 0 Å². The van der Waals surface area contributed by atoms with Gasteiger partial charge in [0, 0.05) is 17.3 Å². The van der Waals surface area contributed by atoms with Crippen molar-refractivity contribution in [2.24, 2.45) is 0 Å². The first-order valence-corrected chi connectivity index (χ1v) is 6.97. The Morgan fingerprint density at radius 1 is 1.47 bits per heavy atom. The lowest BCUT2D eigenvalue weighted by atomic mass is 9.94. The van der Waals surface area contributed by atoms with Crippen LogP contribution >= 0.6 is 22.9 Å². The zero-order valence-electron chi connectivity index (χ0n) is 9.32. The van der Waals surface area contributed by atoms with Crippen LogP contribution in [0.3, 0.4) is 0 Å². The highest BCUT2D eigenvalue weighted by atomic mass is 35.5. The van der Waals surface area contributed by atoms with Gasteiger partial charge < -0.3 is 5.32 Å². The summed E-state index contributed by atoms with van der Waals surface area (Å²) in [7, 11) is 0. The molecule has 2 heterocycles. The van der Waals surface area contributed by atoms with E-state index >= 15 is 0 Å². The number of nitrogens with zero attached hydrogens (tertiary/aromatic N) is 1. The van der Waals surface area contributed by atoms with E-state index in [4.69, 9.17) is 11.6 Å². The molecule has 0 amide bonds. The van der Waals surface area contributed by atoms with Gasteiger partial charge >= 0.3 is 0 Å². The van der Waals surface area contributed by atoms with Gasteiger partial charge in [0.05, 0.1) is 16.1 Å². The predicted molar refractivity (Wildman–Crippen MR) is 72.9 cm³/mol. The number of aryl methyl sites for hydroxylation is 1. The predicted octanol–water partition coefficient (Wildman–Crippen LogP) is 4.29. The lowest BCUT2D eigenvalue weighted by molar-refractivity contribution is 0.608. The summed E-state index contributed by atoms with van der Waals surface area (Å²) in [6.45, 7) is 0. The van der Waals surface area contributed by atoms with Crippen LogP contribution in [0.1, 0.15) is 29.3 Å². The molecule has 0 aliphatic heterocycles. The zero-order chi connectivity index (χ0) is 11.7. The summed E-state index contributed by atoms with van der Waals surface area (Å²) in [5, 5.41) is 3.54. The summed E-state index contributed by atoms with van der Waals surface area (Å²) in [6, 6.07) is 6.49. The fourth-order valence-electron chi connectivity index (χ4n) is 2.32. The molecule has 0 bridgehead atoms. The van der Waals surface area contributed by atoms with Crippen LogP contribution in [-0.4, -0.2) is 4.98 Å². The molecule has 0 radical (unpaired) electrons. The molecule has 1 unspecified atom stereocenters. The highest BCUT2D eigenvalue weighted by Gasteiger charge is 2.22. The Kier molecular flexibility index (Phi) is 3.04. The molecule has 17 heavy (non-hydrogen) atoms. The van der Waals surface area contributed by atoms with E-state index in [-0.39, 0.29) is 0 Å². The minimum atomic E-state index is 0.381. The molecule has 3 rings (SSSR count). The number of aromatic nitrogens is 1. The van der Waals surface area contributed by atoms with Gasteiger partial charge in [0.15, 0.2) is 0 Å². The van der Waals surface area contributed by atoms with Gasteiger partial charge in [-0.3, -0.25) is 4.98 Å². The van der Waals surface area contributed by atoms with Crippen molar-refractivity contribution in [1.82, 2.24) is 4.98 Å². The Hall–Kier alpha value is -1.06. The average Bonchev–Trinajstić information content (AvgIpc) is 2.72. The maximum Gasteiger partial charge on any atom is 0.0934 e. The number of rotatable bonds is 2. The number of fused-ring (bicyclic) bond motifs is 1. The lowest BCUT2D eigenvalue weighted by Gasteiger charge is -2.24. The number of pyridine rings is 1. The quantitative estimate of drug-likeness (QED) is 0.875. The number of nitrogens with one attached hydrogen (secondary N) is 1. The van der Waals surface area contributed by atoms with E-state index in [9.17, 15) is 0 Å². The Morgan fingerprint density at radius 2 is 2.41 bits per heavy atom. The van der Waals surface area contributed by atoms with E-state index in [0.29, 0.717) is 6.04 Å². The molecule has 1 aliphatic rings. The summed E-state index contributed by atoms with van der Waals surface area (Å²) >= 11 is 7.81. The topological polar surface area (TPSA) is 24.9 Å². The van der Waals surface area contributed by atoms with Gasteiger partial charge in [0.2, 0.25) is 0 Å². The number of thiophene rings is 1. The van der Waals surface area contributed by atoms with Crippen LogP contribution in [0.25, 0.3) is 0 Å². The third-order valence-corrected chi connectivity index (χ3v) is 4.43. The number of anilines is 1. The summed E-state index contributed by atoms with van der Waals surface area (Å²) in [5.41, 5.74) is 2.45. The maximum atomic E-state index is 6.10. The van der Waals surface area contributed by atoms with Crippen LogP contribution in [0.2, 0.25) is 4.34 Å². The van der Waals surface area contributed by atoms with Gasteiger partial charge in [-0.25, -0.2) is 0 Å². The SMILES string of the molecule is Clc1cc2c(s1)CCCC2Nc1cccnc1. The van der Waals surface area contributed by atoms with Crippen molar-refractivity contribution in [3.63, 3.8) is 0 Å². The molecule has 0 saturated carbocycles. The van der Waals surface area contributed by atoms with Gasteiger partial charge in [0.25, 0.3) is 0 Å². The van der Waals surface area contributed by atoms with Gasteiger partial charge in [0.1, 0.15) is 0 Å². The third-order valence-electron chi connectivity index (χ3n) is 3.09. The Morgan fingerprint density at radius 3 is 3.24 bits per heavy atom. The molecule has 0 fully saturated rings. The monoisotopic (exact) mass is 264 g/mol. The van der Waals surface area contributed by atoms with Crippen LogP contribution < -0.4 is 5.32 Å². The van der Waals surface area contributed by atoms with Crippen molar-refractivity contribution in [2.75, 3.05) is 5.32 Å². The highest BCUT2D eigenvalue weighted by Crippen LogP contribution is 2.39. The van der Waals surface area contributed by atoms with E-state index < -0.39 is 0 Å². The maximum absolute atomic E-state index is 6.10. The number of hydrogen-bond donors (Lipinski definition) is 1. The Balaban J connectivity index is 1.86. The van der Waals surface area contributed by atoms with Gasteiger partial charge in [-0.2, -0.15) is 0 Å². The van der Waals surface area contributed by atoms with E-state index in [1.807, 2.05) is 12.3 Å². The number of halogens is 1. The van der Waals surface area contributed by atoms with Crippen molar-refractivity contribution in [2.45, 2.75) is 25.3 Å². The number of hydrogen-bond acceptors (Lipinski definition) is 3. The molecule has 0 aromatic carbocycles.